The second-order valence-corrected chi connectivity index (χ2v) is 5.77. The minimum atomic E-state index is -1.13. The lowest BCUT2D eigenvalue weighted by atomic mass is 9.92. The lowest BCUT2D eigenvalue weighted by molar-refractivity contribution is -0.148. The highest BCUT2D eigenvalue weighted by atomic mass is 79.9. The van der Waals surface area contributed by atoms with E-state index in [0.29, 0.717) is 35.8 Å². The number of rotatable bonds is 3. The fourth-order valence-electron chi connectivity index (χ4n) is 2.72. The van der Waals surface area contributed by atoms with Gasteiger partial charge in [-0.15, -0.1) is 0 Å². The van der Waals surface area contributed by atoms with E-state index in [1.807, 2.05) is 0 Å². The molecule has 1 aliphatic heterocycles. The van der Waals surface area contributed by atoms with Gasteiger partial charge in [-0.1, -0.05) is 6.92 Å². The quantitative estimate of drug-likeness (QED) is 0.885. The van der Waals surface area contributed by atoms with Gasteiger partial charge in [0, 0.05) is 12.1 Å². The van der Waals surface area contributed by atoms with Gasteiger partial charge in [0.2, 0.25) is 0 Å². The van der Waals surface area contributed by atoms with Crippen LogP contribution in [-0.2, 0) is 4.79 Å². The number of benzene rings is 1. The molecule has 1 unspecified atom stereocenters. The molecule has 108 valence electrons. The van der Waals surface area contributed by atoms with Crippen LogP contribution in [0.4, 0.5) is 0 Å². The van der Waals surface area contributed by atoms with Gasteiger partial charge in [0.25, 0.3) is 5.91 Å². The number of phenols is 1. The maximum Gasteiger partial charge on any atom is 0.329 e. The highest BCUT2D eigenvalue weighted by Crippen LogP contribution is 2.35. The number of likely N-dealkylation sites (tertiary alicyclic amines) is 1. The Morgan fingerprint density at radius 3 is 2.70 bits per heavy atom. The lowest BCUT2D eigenvalue weighted by Gasteiger charge is -2.34. The van der Waals surface area contributed by atoms with E-state index in [0.717, 1.165) is 0 Å². The minimum absolute atomic E-state index is 0.0347. The predicted molar refractivity (Wildman–Crippen MR) is 76.7 cm³/mol. The predicted octanol–water partition coefficient (Wildman–Crippen LogP) is 2.62. The van der Waals surface area contributed by atoms with Crippen molar-refractivity contribution >= 4 is 27.8 Å². The maximum absolute atomic E-state index is 12.5. The molecule has 20 heavy (non-hydrogen) atoms. The largest absolute Gasteiger partial charge is 0.507 e. The molecule has 6 heteroatoms. The first-order valence-electron chi connectivity index (χ1n) is 6.46. The normalized spacial score (nSPS) is 22.0. The van der Waals surface area contributed by atoms with Gasteiger partial charge in [-0.2, -0.15) is 0 Å². The summed E-state index contributed by atoms with van der Waals surface area (Å²) >= 11 is 3.15. The number of hydrogen-bond donors (Lipinski definition) is 2. The molecule has 1 aromatic carbocycles. The van der Waals surface area contributed by atoms with Crippen molar-refractivity contribution in [2.24, 2.45) is 0 Å². The number of hydrogen-bond acceptors (Lipinski definition) is 3. The number of nitrogens with zero attached hydrogens (tertiary/aromatic N) is 1. The molecule has 0 aromatic heterocycles. The molecule has 2 rings (SSSR count). The van der Waals surface area contributed by atoms with Gasteiger partial charge < -0.3 is 15.1 Å². The van der Waals surface area contributed by atoms with Crippen molar-refractivity contribution < 1.29 is 19.8 Å². The van der Waals surface area contributed by atoms with Crippen LogP contribution in [0.3, 0.4) is 0 Å². The van der Waals surface area contributed by atoms with Crippen LogP contribution in [0.25, 0.3) is 0 Å². The van der Waals surface area contributed by atoms with Crippen LogP contribution in [0.2, 0.25) is 0 Å². The van der Waals surface area contributed by atoms with Gasteiger partial charge in [0.1, 0.15) is 11.3 Å². The van der Waals surface area contributed by atoms with Crippen LogP contribution in [0.15, 0.2) is 22.7 Å². The Balaban J connectivity index is 2.36. The van der Waals surface area contributed by atoms with Crippen molar-refractivity contribution in [2.75, 3.05) is 6.54 Å². The van der Waals surface area contributed by atoms with E-state index in [1.54, 1.807) is 19.1 Å². The molecule has 1 aliphatic rings. The molecule has 1 heterocycles. The number of carbonyl (C=O) groups is 2. The molecule has 0 radical (unpaired) electrons. The summed E-state index contributed by atoms with van der Waals surface area (Å²) in [5.74, 6) is -1.35. The Morgan fingerprint density at radius 2 is 2.15 bits per heavy atom. The van der Waals surface area contributed by atoms with Gasteiger partial charge in [0.05, 0.1) is 4.47 Å². The number of carboxylic acid groups (broad SMARTS) is 1. The maximum atomic E-state index is 12.5. The summed E-state index contributed by atoms with van der Waals surface area (Å²) in [5.41, 5.74) is -0.827. The first kappa shape index (κ1) is 14.8. The Labute approximate surface area is 125 Å². The van der Waals surface area contributed by atoms with E-state index >= 15 is 0 Å². The summed E-state index contributed by atoms with van der Waals surface area (Å²) in [7, 11) is 0. The number of phenolic OH excluding ortho intramolecular Hbond substituents is 1. The fourth-order valence-corrected chi connectivity index (χ4v) is 2.96. The zero-order valence-corrected chi connectivity index (χ0v) is 12.7. The highest BCUT2D eigenvalue weighted by Gasteiger charge is 2.48. The van der Waals surface area contributed by atoms with E-state index in [1.165, 1.54) is 11.0 Å². The zero-order chi connectivity index (χ0) is 14.9. The SMILES string of the molecule is CCC1(C(=O)O)CCCN1C(=O)c1ccc(Br)c(O)c1. The summed E-state index contributed by atoms with van der Waals surface area (Å²) in [4.78, 5) is 25.5. The second kappa shape index (κ2) is 5.44. The Kier molecular flexibility index (Phi) is 4.04. The second-order valence-electron chi connectivity index (χ2n) is 4.92. The van der Waals surface area contributed by atoms with Gasteiger partial charge in [-0.05, 0) is 53.4 Å². The Morgan fingerprint density at radius 1 is 1.45 bits per heavy atom. The summed E-state index contributed by atoms with van der Waals surface area (Å²) in [5, 5.41) is 19.1. The van der Waals surface area contributed by atoms with E-state index in [2.05, 4.69) is 15.9 Å². The van der Waals surface area contributed by atoms with Crippen molar-refractivity contribution in [3.05, 3.63) is 28.2 Å². The fraction of sp³-hybridized carbons (Fsp3) is 0.429. The third-order valence-corrected chi connectivity index (χ3v) is 4.58. The van der Waals surface area contributed by atoms with Gasteiger partial charge in [0.15, 0.2) is 0 Å². The molecule has 5 nitrogen and oxygen atoms in total. The average molecular weight is 342 g/mol. The summed E-state index contributed by atoms with van der Waals surface area (Å²) in [6, 6.07) is 4.51. The standard InChI is InChI=1S/C14H16BrNO4/c1-2-14(13(19)20)6-3-7-16(14)12(18)9-4-5-10(15)11(17)8-9/h4-5,8,17H,2-3,6-7H2,1H3,(H,19,20). The van der Waals surface area contributed by atoms with Crippen molar-refractivity contribution in [3.8, 4) is 5.75 Å². The lowest BCUT2D eigenvalue weighted by Crippen LogP contribution is -2.52. The molecule has 1 atom stereocenters. The molecule has 1 aromatic rings. The van der Waals surface area contributed by atoms with Crippen molar-refractivity contribution in [2.45, 2.75) is 31.7 Å². The third kappa shape index (κ3) is 2.28. The molecule has 1 fully saturated rings. The van der Waals surface area contributed by atoms with Gasteiger partial charge >= 0.3 is 5.97 Å². The number of carbonyl (C=O) groups excluding carboxylic acids is 1. The number of amides is 1. The molecule has 2 N–H and O–H groups in total. The van der Waals surface area contributed by atoms with Crippen LogP contribution in [0.5, 0.6) is 5.75 Å². The van der Waals surface area contributed by atoms with Crippen molar-refractivity contribution in [3.63, 3.8) is 0 Å². The topological polar surface area (TPSA) is 77.8 Å². The number of aliphatic carboxylic acids is 1. The van der Waals surface area contributed by atoms with Gasteiger partial charge in [-0.3, -0.25) is 4.79 Å². The Bertz CT molecular complexity index is 560. The van der Waals surface area contributed by atoms with Gasteiger partial charge in [-0.25, -0.2) is 4.79 Å². The van der Waals surface area contributed by atoms with E-state index in [4.69, 9.17) is 0 Å². The molecule has 0 saturated carbocycles. The molecule has 1 amide bonds. The van der Waals surface area contributed by atoms with Crippen LogP contribution < -0.4 is 0 Å². The Hall–Kier alpha value is -1.56. The molecule has 0 bridgehead atoms. The molecule has 0 aliphatic carbocycles. The summed E-state index contributed by atoms with van der Waals surface area (Å²) < 4.78 is 0.496. The minimum Gasteiger partial charge on any atom is -0.507 e. The smallest absolute Gasteiger partial charge is 0.329 e. The summed E-state index contributed by atoms with van der Waals surface area (Å²) in [6.45, 7) is 2.20. The van der Waals surface area contributed by atoms with Crippen molar-refractivity contribution in [1.29, 1.82) is 0 Å². The van der Waals surface area contributed by atoms with E-state index < -0.39 is 11.5 Å². The van der Waals surface area contributed by atoms with E-state index in [9.17, 15) is 19.8 Å². The van der Waals surface area contributed by atoms with Crippen LogP contribution in [0, 0.1) is 0 Å². The van der Waals surface area contributed by atoms with Crippen LogP contribution in [-0.4, -0.2) is 39.1 Å². The molecular formula is C14H16BrNO4. The molecular weight excluding hydrogens is 326 g/mol. The first-order valence-corrected chi connectivity index (χ1v) is 7.25. The summed E-state index contributed by atoms with van der Waals surface area (Å²) in [6.07, 6.45) is 1.51. The van der Waals surface area contributed by atoms with Crippen LogP contribution in [0.1, 0.15) is 36.5 Å². The third-order valence-electron chi connectivity index (χ3n) is 3.91. The first-order chi connectivity index (χ1) is 9.42. The zero-order valence-electron chi connectivity index (χ0n) is 11.1. The van der Waals surface area contributed by atoms with Crippen molar-refractivity contribution in [1.82, 2.24) is 4.90 Å². The molecule has 0 spiro atoms. The number of halogens is 1. The molecule has 1 saturated heterocycles. The highest BCUT2D eigenvalue weighted by molar-refractivity contribution is 9.10. The van der Waals surface area contributed by atoms with Crippen LogP contribution >= 0.6 is 15.9 Å². The number of carboxylic acids is 1. The monoisotopic (exact) mass is 341 g/mol. The number of aromatic hydroxyl groups is 1. The average Bonchev–Trinajstić information content (AvgIpc) is 2.86. The van der Waals surface area contributed by atoms with E-state index in [-0.39, 0.29) is 11.7 Å².